The minimum atomic E-state index is -4.44. The molecule has 106 valence electrons. The Morgan fingerprint density at radius 1 is 1.00 bits per heavy atom. The molecule has 6 heteroatoms. The van der Waals surface area contributed by atoms with E-state index in [1.807, 2.05) is 0 Å². The summed E-state index contributed by atoms with van der Waals surface area (Å²) in [5.41, 5.74) is -2.00. The molecule has 0 spiro atoms. The fourth-order valence-electron chi connectivity index (χ4n) is 1.81. The molecule has 0 saturated carbocycles. The summed E-state index contributed by atoms with van der Waals surface area (Å²) in [6.07, 6.45) is -4.74. The van der Waals surface area contributed by atoms with Crippen LogP contribution < -0.4 is 15.6 Å². The largest absolute Gasteiger partial charge is 0.486 e. The zero-order valence-corrected chi connectivity index (χ0v) is 10.7. The van der Waals surface area contributed by atoms with Crippen LogP contribution in [0.1, 0.15) is 19.4 Å². The predicted octanol–water partition coefficient (Wildman–Crippen LogP) is 2.76. The molecule has 0 bridgehead atoms. The number of halogens is 3. The highest BCUT2D eigenvalue weighted by molar-refractivity contribution is 5.74. The Labute approximate surface area is 112 Å². The predicted molar refractivity (Wildman–Crippen MR) is 67.6 cm³/mol. The number of ether oxygens (including phenoxy) is 1. The van der Waals surface area contributed by atoms with E-state index in [4.69, 9.17) is 4.74 Å². The maximum Gasteiger partial charge on any atom is 0.416 e. The molecule has 0 aromatic heterocycles. The maximum absolute atomic E-state index is 12.4. The van der Waals surface area contributed by atoms with Crippen molar-refractivity contribution >= 4 is 0 Å². The molecule has 0 aliphatic carbocycles. The third-order valence-electron chi connectivity index (χ3n) is 2.72. The van der Waals surface area contributed by atoms with Crippen molar-refractivity contribution in [2.45, 2.75) is 26.1 Å². The Morgan fingerprint density at radius 3 is 2.00 bits per heavy atom. The van der Waals surface area contributed by atoms with E-state index in [0.717, 1.165) is 24.3 Å². The molecule has 0 fully saturated rings. The van der Waals surface area contributed by atoms with Gasteiger partial charge in [0.1, 0.15) is 0 Å². The minimum absolute atomic E-state index is 0.0393. The smallest absolute Gasteiger partial charge is 0.416 e. The highest BCUT2D eigenvalue weighted by Crippen LogP contribution is 2.32. The standard InChI is InChI=1S/C14H11F3O3/c1-7(2)20-13-10(11(18)12(13)19)8-3-5-9(6-4-8)14(15,16)17/h3-7H,1-2H3. The van der Waals surface area contributed by atoms with Gasteiger partial charge in [0.25, 0.3) is 5.43 Å². The summed E-state index contributed by atoms with van der Waals surface area (Å²) in [6, 6.07) is 4.05. The Hall–Kier alpha value is -2.11. The number of alkyl halides is 3. The monoisotopic (exact) mass is 284 g/mol. The van der Waals surface area contributed by atoms with Crippen LogP contribution in [0.5, 0.6) is 5.75 Å². The van der Waals surface area contributed by atoms with Gasteiger partial charge in [-0.05, 0) is 31.5 Å². The van der Waals surface area contributed by atoms with Crippen molar-refractivity contribution in [3.8, 4) is 16.9 Å². The number of hydrogen-bond acceptors (Lipinski definition) is 3. The van der Waals surface area contributed by atoms with E-state index in [-0.39, 0.29) is 23.0 Å². The minimum Gasteiger partial charge on any atom is -0.486 e. The number of hydrogen-bond donors (Lipinski definition) is 0. The van der Waals surface area contributed by atoms with Crippen LogP contribution >= 0.6 is 0 Å². The van der Waals surface area contributed by atoms with Crippen LogP contribution in [0.4, 0.5) is 13.2 Å². The molecule has 0 amide bonds. The van der Waals surface area contributed by atoms with Gasteiger partial charge in [-0.1, -0.05) is 12.1 Å². The van der Waals surface area contributed by atoms with Crippen molar-refractivity contribution in [3.63, 3.8) is 0 Å². The number of rotatable bonds is 3. The zero-order chi connectivity index (χ0) is 15.1. The fraction of sp³-hybridized carbons (Fsp3) is 0.286. The van der Waals surface area contributed by atoms with E-state index in [1.165, 1.54) is 0 Å². The van der Waals surface area contributed by atoms with E-state index < -0.39 is 22.6 Å². The molecule has 0 saturated heterocycles. The molecule has 0 unspecified atom stereocenters. The second kappa shape index (κ2) is 4.77. The molecule has 2 aromatic carbocycles. The summed E-state index contributed by atoms with van der Waals surface area (Å²) in [6.45, 7) is 3.38. The molecule has 20 heavy (non-hydrogen) atoms. The maximum atomic E-state index is 12.4. The Kier molecular flexibility index (Phi) is 3.41. The Morgan fingerprint density at radius 2 is 1.55 bits per heavy atom. The molecular weight excluding hydrogens is 273 g/mol. The van der Waals surface area contributed by atoms with E-state index in [2.05, 4.69) is 0 Å². The normalized spacial score (nSPS) is 12.1. The van der Waals surface area contributed by atoms with Crippen molar-refractivity contribution in [3.05, 3.63) is 50.3 Å². The first-order chi connectivity index (χ1) is 9.21. The lowest BCUT2D eigenvalue weighted by Gasteiger charge is -2.15. The molecule has 3 nitrogen and oxygen atoms in total. The van der Waals surface area contributed by atoms with Crippen LogP contribution in [0.3, 0.4) is 0 Å². The molecule has 2 rings (SSSR count). The third-order valence-corrected chi connectivity index (χ3v) is 2.72. The van der Waals surface area contributed by atoms with Gasteiger partial charge in [-0.25, -0.2) is 0 Å². The Bertz CT molecular complexity index is 690. The van der Waals surface area contributed by atoms with Gasteiger partial charge >= 0.3 is 6.18 Å². The van der Waals surface area contributed by atoms with Gasteiger partial charge in [-0.15, -0.1) is 0 Å². The van der Waals surface area contributed by atoms with E-state index in [1.54, 1.807) is 13.8 Å². The van der Waals surface area contributed by atoms with Crippen LogP contribution in [0.25, 0.3) is 11.1 Å². The van der Waals surface area contributed by atoms with Crippen LogP contribution in [0, 0.1) is 0 Å². The lowest BCUT2D eigenvalue weighted by atomic mass is 9.98. The second-order valence-electron chi connectivity index (χ2n) is 4.60. The lowest BCUT2D eigenvalue weighted by Crippen LogP contribution is -2.35. The summed E-state index contributed by atoms with van der Waals surface area (Å²) in [7, 11) is 0. The number of benzene rings is 1. The highest BCUT2D eigenvalue weighted by Gasteiger charge is 2.31. The molecule has 0 radical (unpaired) electrons. The molecule has 0 atom stereocenters. The van der Waals surface area contributed by atoms with Crippen LogP contribution in [0.15, 0.2) is 33.9 Å². The van der Waals surface area contributed by atoms with E-state index >= 15 is 0 Å². The first-order valence-corrected chi connectivity index (χ1v) is 5.89. The van der Waals surface area contributed by atoms with Gasteiger partial charge in [-0.2, -0.15) is 13.2 Å². The van der Waals surface area contributed by atoms with E-state index in [0.29, 0.717) is 0 Å². The topological polar surface area (TPSA) is 43.4 Å². The van der Waals surface area contributed by atoms with E-state index in [9.17, 15) is 22.8 Å². The van der Waals surface area contributed by atoms with Crippen LogP contribution in [-0.2, 0) is 6.18 Å². The van der Waals surface area contributed by atoms with Crippen molar-refractivity contribution in [2.75, 3.05) is 0 Å². The Balaban J connectivity index is 2.41. The zero-order valence-electron chi connectivity index (χ0n) is 10.7. The van der Waals surface area contributed by atoms with Crippen LogP contribution in [-0.4, -0.2) is 6.10 Å². The first-order valence-electron chi connectivity index (χ1n) is 5.89. The molecule has 0 aliphatic rings. The average molecular weight is 284 g/mol. The lowest BCUT2D eigenvalue weighted by molar-refractivity contribution is -0.137. The fourth-order valence-corrected chi connectivity index (χ4v) is 1.81. The van der Waals surface area contributed by atoms with Crippen molar-refractivity contribution in [1.82, 2.24) is 0 Å². The van der Waals surface area contributed by atoms with Gasteiger partial charge in [-0.3, -0.25) is 9.59 Å². The van der Waals surface area contributed by atoms with Crippen molar-refractivity contribution in [1.29, 1.82) is 0 Å². The van der Waals surface area contributed by atoms with Crippen LogP contribution in [0.2, 0.25) is 0 Å². The van der Waals surface area contributed by atoms with Gasteiger partial charge in [0.05, 0.1) is 17.2 Å². The second-order valence-corrected chi connectivity index (χ2v) is 4.60. The molecule has 0 aliphatic heterocycles. The average Bonchev–Trinajstić information content (AvgIpc) is 2.37. The third kappa shape index (κ3) is 2.45. The summed E-state index contributed by atoms with van der Waals surface area (Å²) in [5.74, 6) is -0.0789. The molecule has 2 aromatic rings. The SMILES string of the molecule is CC(C)Oc1c(-c2ccc(C(F)(F)F)cc2)c(=O)c1=O. The molecule has 0 heterocycles. The van der Waals surface area contributed by atoms with Gasteiger partial charge in [0.2, 0.25) is 5.43 Å². The van der Waals surface area contributed by atoms with Gasteiger partial charge < -0.3 is 4.74 Å². The first kappa shape index (κ1) is 14.3. The molecular formula is C14H11F3O3. The van der Waals surface area contributed by atoms with Crippen molar-refractivity contribution < 1.29 is 17.9 Å². The molecule has 0 N–H and O–H groups in total. The summed E-state index contributed by atoms with van der Waals surface area (Å²) in [5, 5.41) is 0. The summed E-state index contributed by atoms with van der Waals surface area (Å²) in [4.78, 5) is 22.9. The quantitative estimate of drug-likeness (QED) is 0.814. The van der Waals surface area contributed by atoms with Crippen molar-refractivity contribution in [2.24, 2.45) is 0 Å². The summed E-state index contributed by atoms with van der Waals surface area (Å²) >= 11 is 0. The summed E-state index contributed by atoms with van der Waals surface area (Å²) < 4.78 is 42.6. The van der Waals surface area contributed by atoms with Gasteiger partial charge in [0, 0.05) is 0 Å². The highest BCUT2D eigenvalue weighted by atomic mass is 19.4. The van der Waals surface area contributed by atoms with Gasteiger partial charge in [0.15, 0.2) is 5.75 Å².